The van der Waals surface area contributed by atoms with E-state index in [1.54, 1.807) is 18.2 Å². The zero-order valence-electron chi connectivity index (χ0n) is 15.5. The molecule has 0 heterocycles. The summed E-state index contributed by atoms with van der Waals surface area (Å²) in [5.74, 6) is -0.345. The Morgan fingerprint density at radius 1 is 1.00 bits per heavy atom. The largest absolute Gasteiger partial charge is 0.350 e. The van der Waals surface area contributed by atoms with Crippen LogP contribution in [0.15, 0.2) is 42.5 Å². The third kappa shape index (κ3) is 4.13. The predicted molar refractivity (Wildman–Crippen MR) is 105 cm³/mol. The van der Waals surface area contributed by atoms with Crippen molar-refractivity contribution >= 4 is 17.5 Å². The van der Waals surface area contributed by atoms with Gasteiger partial charge in [-0.1, -0.05) is 25.1 Å². The molecule has 4 nitrogen and oxygen atoms in total. The summed E-state index contributed by atoms with van der Waals surface area (Å²) in [5.41, 5.74) is 4.28. The first-order valence-electron chi connectivity index (χ1n) is 9.41. The molecule has 1 aliphatic rings. The van der Waals surface area contributed by atoms with Gasteiger partial charge in [0.1, 0.15) is 0 Å². The Bertz CT molecular complexity index is 814. The topological polar surface area (TPSA) is 58.2 Å². The molecule has 0 saturated carbocycles. The molecule has 26 heavy (non-hydrogen) atoms. The van der Waals surface area contributed by atoms with Gasteiger partial charge in [-0.2, -0.15) is 0 Å². The maximum Gasteiger partial charge on any atom is 0.255 e. The van der Waals surface area contributed by atoms with Crippen molar-refractivity contribution in [2.75, 3.05) is 5.32 Å². The first-order valence-corrected chi connectivity index (χ1v) is 9.41. The molecule has 1 atom stereocenters. The molecule has 2 aromatic carbocycles. The number of benzene rings is 2. The maximum absolute atomic E-state index is 12.7. The van der Waals surface area contributed by atoms with Crippen LogP contribution in [0, 0.1) is 0 Å². The summed E-state index contributed by atoms with van der Waals surface area (Å²) in [5, 5.41) is 5.86. The molecule has 2 N–H and O–H groups in total. The summed E-state index contributed by atoms with van der Waals surface area (Å²) in [7, 11) is 0. The summed E-state index contributed by atoms with van der Waals surface area (Å²) in [6, 6.07) is 13.1. The molecule has 1 aliphatic carbocycles. The van der Waals surface area contributed by atoms with Crippen LogP contribution in [-0.4, -0.2) is 17.9 Å². The number of carbonyl (C=O) groups is 2. The number of fused-ring (bicyclic) bond motifs is 1. The van der Waals surface area contributed by atoms with Crippen LogP contribution in [0.2, 0.25) is 0 Å². The van der Waals surface area contributed by atoms with Gasteiger partial charge in [0, 0.05) is 11.6 Å². The van der Waals surface area contributed by atoms with E-state index in [4.69, 9.17) is 0 Å². The normalized spacial score (nSPS) is 14.2. The standard InChI is InChI=1S/C22H26N2O2/c1-3-15(2)23-22(26)19-10-6-7-11-20(19)24-21(25)18-13-12-16-8-4-5-9-17(16)14-18/h6-7,10-15H,3-5,8-9H2,1-2H3,(H,23,26)(H,24,25)/t15-/m1/s1. The smallest absolute Gasteiger partial charge is 0.255 e. The number of aryl methyl sites for hydroxylation is 2. The minimum Gasteiger partial charge on any atom is -0.350 e. The van der Waals surface area contributed by atoms with E-state index in [1.807, 2.05) is 32.0 Å². The van der Waals surface area contributed by atoms with Gasteiger partial charge < -0.3 is 10.6 Å². The number of hydrogen-bond acceptors (Lipinski definition) is 2. The molecule has 2 aromatic rings. The second-order valence-electron chi connectivity index (χ2n) is 6.97. The molecule has 4 heteroatoms. The highest BCUT2D eigenvalue weighted by molar-refractivity contribution is 6.09. The van der Waals surface area contributed by atoms with E-state index in [2.05, 4.69) is 16.7 Å². The van der Waals surface area contributed by atoms with Crippen molar-refractivity contribution in [2.24, 2.45) is 0 Å². The lowest BCUT2D eigenvalue weighted by molar-refractivity contribution is 0.0940. The maximum atomic E-state index is 12.7. The van der Waals surface area contributed by atoms with Crippen molar-refractivity contribution in [3.8, 4) is 0 Å². The minimum atomic E-state index is -0.179. The number of nitrogens with one attached hydrogen (secondary N) is 2. The summed E-state index contributed by atoms with van der Waals surface area (Å²) in [4.78, 5) is 25.2. The minimum absolute atomic E-state index is 0.0897. The Balaban J connectivity index is 1.78. The molecule has 0 spiro atoms. The molecule has 0 unspecified atom stereocenters. The third-order valence-corrected chi connectivity index (χ3v) is 5.02. The molecule has 0 bridgehead atoms. The van der Waals surface area contributed by atoms with Gasteiger partial charge in [0.2, 0.25) is 0 Å². The lowest BCUT2D eigenvalue weighted by Gasteiger charge is -2.17. The molecule has 3 rings (SSSR count). The summed E-state index contributed by atoms with van der Waals surface area (Å²) in [6.45, 7) is 3.99. The molecular formula is C22H26N2O2. The van der Waals surface area contributed by atoms with Gasteiger partial charge in [-0.15, -0.1) is 0 Å². The third-order valence-electron chi connectivity index (χ3n) is 5.02. The van der Waals surface area contributed by atoms with Crippen LogP contribution in [0.1, 0.15) is 65.0 Å². The Hall–Kier alpha value is -2.62. The van der Waals surface area contributed by atoms with Gasteiger partial charge in [-0.3, -0.25) is 9.59 Å². The van der Waals surface area contributed by atoms with Crippen molar-refractivity contribution in [1.82, 2.24) is 5.32 Å². The number of anilines is 1. The Labute approximate surface area is 155 Å². The average molecular weight is 350 g/mol. The van der Waals surface area contributed by atoms with Crippen molar-refractivity contribution < 1.29 is 9.59 Å². The average Bonchev–Trinajstić information content (AvgIpc) is 2.67. The molecule has 0 fully saturated rings. The number of para-hydroxylation sites is 1. The van der Waals surface area contributed by atoms with E-state index in [1.165, 1.54) is 24.0 Å². The van der Waals surface area contributed by atoms with E-state index in [-0.39, 0.29) is 17.9 Å². The van der Waals surface area contributed by atoms with E-state index in [0.29, 0.717) is 16.8 Å². The summed E-state index contributed by atoms with van der Waals surface area (Å²) >= 11 is 0. The summed E-state index contributed by atoms with van der Waals surface area (Å²) in [6.07, 6.45) is 5.38. The van der Waals surface area contributed by atoms with Crippen molar-refractivity contribution in [3.05, 3.63) is 64.7 Å². The highest BCUT2D eigenvalue weighted by Crippen LogP contribution is 2.23. The monoisotopic (exact) mass is 350 g/mol. The van der Waals surface area contributed by atoms with E-state index < -0.39 is 0 Å². The van der Waals surface area contributed by atoms with Crippen LogP contribution in [0.3, 0.4) is 0 Å². The van der Waals surface area contributed by atoms with Crippen LogP contribution in [0.5, 0.6) is 0 Å². The Morgan fingerprint density at radius 3 is 2.50 bits per heavy atom. The lowest BCUT2D eigenvalue weighted by atomic mass is 9.90. The number of carbonyl (C=O) groups excluding carboxylic acids is 2. The molecule has 0 saturated heterocycles. The second kappa shape index (κ2) is 8.17. The second-order valence-corrected chi connectivity index (χ2v) is 6.97. The molecule has 136 valence electrons. The SMILES string of the molecule is CC[C@@H](C)NC(=O)c1ccccc1NC(=O)c1ccc2c(c1)CCCC2. The quantitative estimate of drug-likeness (QED) is 0.842. The molecule has 2 amide bonds. The van der Waals surface area contributed by atoms with Gasteiger partial charge in [0.05, 0.1) is 11.3 Å². The number of rotatable bonds is 5. The zero-order valence-corrected chi connectivity index (χ0v) is 15.5. The van der Waals surface area contributed by atoms with Gasteiger partial charge in [0.25, 0.3) is 11.8 Å². The van der Waals surface area contributed by atoms with Gasteiger partial charge in [-0.05, 0) is 74.4 Å². The van der Waals surface area contributed by atoms with Crippen LogP contribution in [0.4, 0.5) is 5.69 Å². The van der Waals surface area contributed by atoms with Crippen molar-refractivity contribution in [1.29, 1.82) is 0 Å². The van der Waals surface area contributed by atoms with Crippen LogP contribution >= 0.6 is 0 Å². The van der Waals surface area contributed by atoms with E-state index in [9.17, 15) is 9.59 Å². The predicted octanol–water partition coefficient (Wildman–Crippen LogP) is 4.35. The highest BCUT2D eigenvalue weighted by Gasteiger charge is 2.17. The van der Waals surface area contributed by atoms with Crippen LogP contribution < -0.4 is 10.6 Å². The van der Waals surface area contributed by atoms with Crippen LogP contribution in [0.25, 0.3) is 0 Å². The van der Waals surface area contributed by atoms with E-state index >= 15 is 0 Å². The van der Waals surface area contributed by atoms with Gasteiger partial charge in [-0.25, -0.2) is 0 Å². The van der Waals surface area contributed by atoms with Crippen molar-refractivity contribution in [2.45, 2.75) is 52.0 Å². The fourth-order valence-electron chi connectivity index (χ4n) is 3.26. The first kappa shape index (κ1) is 18.2. The first-order chi connectivity index (χ1) is 12.6. The number of hydrogen-bond donors (Lipinski definition) is 2. The van der Waals surface area contributed by atoms with Crippen LogP contribution in [-0.2, 0) is 12.8 Å². The Kier molecular flexibility index (Phi) is 5.71. The number of amides is 2. The molecule has 0 aliphatic heterocycles. The zero-order chi connectivity index (χ0) is 18.5. The highest BCUT2D eigenvalue weighted by atomic mass is 16.2. The Morgan fingerprint density at radius 2 is 1.73 bits per heavy atom. The fourth-order valence-corrected chi connectivity index (χ4v) is 3.26. The van der Waals surface area contributed by atoms with Gasteiger partial charge >= 0.3 is 0 Å². The lowest BCUT2D eigenvalue weighted by Crippen LogP contribution is -2.32. The molecule has 0 radical (unpaired) electrons. The van der Waals surface area contributed by atoms with Gasteiger partial charge in [0.15, 0.2) is 0 Å². The molecular weight excluding hydrogens is 324 g/mol. The summed E-state index contributed by atoms with van der Waals surface area (Å²) < 4.78 is 0. The molecule has 0 aromatic heterocycles. The van der Waals surface area contributed by atoms with Crippen molar-refractivity contribution in [3.63, 3.8) is 0 Å². The fraction of sp³-hybridized carbons (Fsp3) is 0.364. The van der Waals surface area contributed by atoms with E-state index in [0.717, 1.165) is 19.3 Å².